The second kappa shape index (κ2) is 5.95. The summed E-state index contributed by atoms with van der Waals surface area (Å²) in [5, 5.41) is 7.78. The summed E-state index contributed by atoms with van der Waals surface area (Å²) in [6.45, 7) is 0. The molecule has 0 unspecified atom stereocenters. The largest absolute Gasteiger partial charge is 0.418 e. The first-order valence-electron chi connectivity index (χ1n) is 6.23. The van der Waals surface area contributed by atoms with Crippen molar-refractivity contribution in [1.82, 2.24) is 0 Å². The number of alkyl halides is 3. The molecule has 0 amide bonds. The average Bonchev–Trinajstić information content (AvgIpc) is 2.45. The monoisotopic (exact) mass is 293 g/mol. The number of benzene rings is 2. The van der Waals surface area contributed by atoms with Crippen molar-refractivity contribution < 1.29 is 13.2 Å². The van der Waals surface area contributed by atoms with Crippen molar-refractivity contribution in [3.8, 4) is 0 Å². The number of nitrogens with zero attached hydrogens (tertiary/aromatic N) is 3. The molecule has 0 aliphatic carbocycles. The molecule has 0 saturated carbocycles. The van der Waals surface area contributed by atoms with E-state index in [4.69, 9.17) is 0 Å². The van der Waals surface area contributed by atoms with Crippen LogP contribution in [0.3, 0.4) is 0 Å². The van der Waals surface area contributed by atoms with Crippen LogP contribution in [-0.2, 0) is 6.18 Å². The molecule has 2 aromatic carbocycles. The Morgan fingerprint density at radius 3 is 2.05 bits per heavy atom. The molecule has 3 nitrogen and oxygen atoms in total. The minimum atomic E-state index is -4.43. The van der Waals surface area contributed by atoms with Gasteiger partial charge in [0.15, 0.2) is 0 Å². The van der Waals surface area contributed by atoms with Gasteiger partial charge in [0, 0.05) is 19.8 Å². The van der Waals surface area contributed by atoms with Crippen LogP contribution in [0.1, 0.15) is 5.56 Å². The second-order valence-electron chi connectivity index (χ2n) is 4.63. The molecule has 0 radical (unpaired) electrons. The number of azo groups is 1. The van der Waals surface area contributed by atoms with Crippen LogP contribution in [0.5, 0.6) is 0 Å². The first-order chi connectivity index (χ1) is 9.88. The first kappa shape index (κ1) is 15.0. The molecule has 0 spiro atoms. The van der Waals surface area contributed by atoms with Gasteiger partial charge in [0.25, 0.3) is 0 Å². The maximum atomic E-state index is 13.1. The van der Waals surface area contributed by atoms with E-state index in [2.05, 4.69) is 10.2 Å². The quantitative estimate of drug-likeness (QED) is 0.716. The molecule has 0 aromatic heterocycles. The summed E-state index contributed by atoms with van der Waals surface area (Å²) in [5.74, 6) is 0. The average molecular weight is 293 g/mol. The van der Waals surface area contributed by atoms with E-state index in [1.54, 1.807) is 38.4 Å². The molecule has 2 aromatic rings. The van der Waals surface area contributed by atoms with Gasteiger partial charge in [-0.25, -0.2) is 0 Å². The van der Waals surface area contributed by atoms with E-state index in [9.17, 15) is 13.2 Å². The van der Waals surface area contributed by atoms with Crippen LogP contribution in [0, 0.1) is 0 Å². The van der Waals surface area contributed by atoms with E-state index in [0.29, 0.717) is 5.69 Å². The fourth-order valence-electron chi connectivity index (χ4n) is 1.81. The van der Waals surface area contributed by atoms with E-state index in [1.807, 2.05) is 6.07 Å². The summed E-state index contributed by atoms with van der Waals surface area (Å²) in [4.78, 5) is 1.42. The molecule has 110 valence electrons. The Morgan fingerprint density at radius 1 is 0.857 bits per heavy atom. The molecule has 0 N–H and O–H groups in total. The van der Waals surface area contributed by atoms with Crippen molar-refractivity contribution in [3.05, 3.63) is 54.1 Å². The SMILES string of the molecule is CN(C)c1ccc(/N=N/c2ccccc2)cc1C(F)(F)F. The lowest BCUT2D eigenvalue weighted by molar-refractivity contribution is -0.137. The standard InChI is InChI=1S/C15H14F3N3/c1-21(2)14-9-8-12(10-13(14)15(16,17)18)20-19-11-6-4-3-5-7-11/h3-10H,1-2H3/b20-19+. The smallest absolute Gasteiger partial charge is 0.377 e. The Labute approximate surface area is 120 Å². The Balaban J connectivity index is 2.36. The highest BCUT2D eigenvalue weighted by Gasteiger charge is 2.34. The zero-order chi connectivity index (χ0) is 15.5. The minimum Gasteiger partial charge on any atom is -0.377 e. The highest BCUT2D eigenvalue weighted by Crippen LogP contribution is 2.38. The lowest BCUT2D eigenvalue weighted by Crippen LogP contribution is -2.16. The number of hydrogen-bond donors (Lipinski definition) is 0. The lowest BCUT2D eigenvalue weighted by Gasteiger charge is -2.19. The predicted molar refractivity (Wildman–Crippen MR) is 76.4 cm³/mol. The van der Waals surface area contributed by atoms with Gasteiger partial charge in [0.05, 0.1) is 16.9 Å². The van der Waals surface area contributed by atoms with Gasteiger partial charge < -0.3 is 4.90 Å². The van der Waals surface area contributed by atoms with Crippen LogP contribution in [0.15, 0.2) is 58.8 Å². The topological polar surface area (TPSA) is 28.0 Å². The molecule has 0 bridgehead atoms. The number of anilines is 1. The molecule has 0 aliphatic rings. The Kier molecular flexibility index (Phi) is 4.26. The second-order valence-corrected chi connectivity index (χ2v) is 4.63. The van der Waals surface area contributed by atoms with Gasteiger partial charge in [-0.2, -0.15) is 23.4 Å². The van der Waals surface area contributed by atoms with Crippen LogP contribution in [-0.4, -0.2) is 14.1 Å². The molecule has 0 aliphatic heterocycles. The van der Waals surface area contributed by atoms with Crippen LogP contribution >= 0.6 is 0 Å². The first-order valence-corrected chi connectivity index (χ1v) is 6.23. The Morgan fingerprint density at radius 2 is 1.48 bits per heavy atom. The van der Waals surface area contributed by atoms with Crippen LogP contribution in [0.4, 0.5) is 30.2 Å². The van der Waals surface area contributed by atoms with Gasteiger partial charge in [-0.3, -0.25) is 0 Å². The zero-order valence-corrected chi connectivity index (χ0v) is 11.6. The lowest BCUT2D eigenvalue weighted by atomic mass is 10.1. The van der Waals surface area contributed by atoms with Crippen LogP contribution in [0.25, 0.3) is 0 Å². The van der Waals surface area contributed by atoms with Gasteiger partial charge >= 0.3 is 6.18 Å². The Hall–Kier alpha value is -2.37. The third-order valence-corrected chi connectivity index (χ3v) is 2.80. The summed E-state index contributed by atoms with van der Waals surface area (Å²) >= 11 is 0. The highest BCUT2D eigenvalue weighted by atomic mass is 19.4. The molecule has 0 fully saturated rings. The molecule has 0 atom stereocenters. The third-order valence-electron chi connectivity index (χ3n) is 2.80. The minimum absolute atomic E-state index is 0.0983. The summed E-state index contributed by atoms with van der Waals surface area (Å²) in [6.07, 6.45) is -4.43. The van der Waals surface area contributed by atoms with Crippen molar-refractivity contribution in [2.75, 3.05) is 19.0 Å². The molecular weight excluding hydrogens is 279 g/mol. The number of rotatable bonds is 3. The summed E-state index contributed by atoms with van der Waals surface area (Å²) in [6, 6.07) is 12.7. The van der Waals surface area contributed by atoms with E-state index < -0.39 is 11.7 Å². The molecular formula is C15H14F3N3. The van der Waals surface area contributed by atoms with Gasteiger partial charge in [-0.15, -0.1) is 0 Å². The third kappa shape index (κ3) is 3.81. The fourth-order valence-corrected chi connectivity index (χ4v) is 1.81. The molecule has 0 heterocycles. The van der Waals surface area contributed by atoms with Crippen molar-refractivity contribution in [2.24, 2.45) is 10.2 Å². The number of halogens is 3. The summed E-state index contributed by atoms with van der Waals surface area (Å²) in [5.41, 5.74) is 0.123. The Bertz CT molecular complexity index is 634. The van der Waals surface area contributed by atoms with Crippen molar-refractivity contribution in [1.29, 1.82) is 0 Å². The van der Waals surface area contributed by atoms with E-state index in [1.165, 1.54) is 17.0 Å². The van der Waals surface area contributed by atoms with E-state index >= 15 is 0 Å². The zero-order valence-electron chi connectivity index (χ0n) is 11.6. The van der Waals surface area contributed by atoms with Crippen molar-refractivity contribution >= 4 is 17.1 Å². The van der Waals surface area contributed by atoms with Crippen LogP contribution in [0.2, 0.25) is 0 Å². The molecule has 2 rings (SSSR count). The summed E-state index contributed by atoms with van der Waals surface area (Å²) < 4.78 is 39.2. The number of hydrogen-bond acceptors (Lipinski definition) is 3. The fraction of sp³-hybridized carbons (Fsp3) is 0.200. The predicted octanol–water partition coefficient (Wildman–Crippen LogP) is 5.19. The maximum Gasteiger partial charge on any atom is 0.418 e. The van der Waals surface area contributed by atoms with E-state index in [0.717, 1.165) is 6.07 Å². The molecule has 0 saturated heterocycles. The van der Waals surface area contributed by atoms with Gasteiger partial charge in [0.1, 0.15) is 0 Å². The molecule has 21 heavy (non-hydrogen) atoms. The highest BCUT2D eigenvalue weighted by molar-refractivity contribution is 5.59. The van der Waals surface area contributed by atoms with Gasteiger partial charge in [0.2, 0.25) is 0 Å². The summed E-state index contributed by atoms with van der Waals surface area (Å²) in [7, 11) is 3.13. The van der Waals surface area contributed by atoms with Crippen molar-refractivity contribution in [2.45, 2.75) is 6.18 Å². The van der Waals surface area contributed by atoms with Crippen molar-refractivity contribution in [3.63, 3.8) is 0 Å². The maximum absolute atomic E-state index is 13.1. The normalized spacial score (nSPS) is 11.9. The van der Waals surface area contributed by atoms with Crippen LogP contribution < -0.4 is 4.90 Å². The molecule has 6 heteroatoms. The van der Waals surface area contributed by atoms with Gasteiger partial charge in [-0.1, -0.05) is 18.2 Å². The van der Waals surface area contributed by atoms with Gasteiger partial charge in [-0.05, 0) is 30.3 Å². The van der Waals surface area contributed by atoms with E-state index in [-0.39, 0.29) is 11.4 Å².